The minimum atomic E-state index is -4.35. The molecule has 1 amide bonds. The van der Waals surface area contributed by atoms with Crippen LogP contribution >= 0.6 is 7.82 Å². The van der Waals surface area contributed by atoms with Gasteiger partial charge in [0.15, 0.2) is 0 Å². The number of carbonyl (C=O) groups excluding carboxylic acids is 1. The number of allylic oxidation sites excluding steroid dienone is 13. The standard InChI is InChI=1S/C64H117N2O6P/c1-6-8-10-12-14-16-18-20-22-23-24-25-26-27-28-29-30-31-32-33-34-35-36-37-38-39-40-41-42-43-44-46-48-50-52-54-56-58-64(68)65-62(61-72-73(69,70)71-60-59-66(3,4)5)63(67)57-55-53-51-49-47-45-21-19-17-15-13-11-9-7-2/h8,10,14,16,20,22,24-25,27-28,30-31,55,57,62-63,67H,6-7,9,11-13,15,17-19,21,23,26,29,32-54,56,58-61H2,1-5H3,(H-,65,68,69,70)/p+1/b10-8-,16-14-,22-20-,25-24-,28-27-,31-30-,57-55+. The lowest BCUT2D eigenvalue weighted by Crippen LogP contribution is -2.45. The summed E-state index contributed by atoms with van der Waals surface area (Å²) in [6.07, 6.45) is 77.0. The Kier molecular flexibility index (Phi) is 52.7. The molecule has 0 heterocycles. The first kappa shape index (κ1) is 70.7. The Morgan fingerprint density at radius 3 is 1.21 bits per heavy atom. The third-order valence-electron chi connectivity index (χ3n) is 13.4. The van der Waals surface area contributed by atoms with Crippen molar-refractivity contribution in [1.82, 2.24) is 5.32 Å². The summed E-state index contributed by atoms with van der Waals surface area (Å²) >= 11 is 0. The van der Waals surface area contributed by atoms with E-state index in [1.807, 2.05) is 27.2 Å². The molecule has 424 valence electrons. The quantitative estimate of drug-likeness (QED) is 0.0243. The van der Waals surface area contributed by atoms with Gasteiger partial charge in [0.25, 0.3) is 0 Å². The van der Waals surface area contributed by atoms with E-state index in [0.717, 1.165) is 77.0 Å². The summed E-state index contributed by atoms with van der Waals surface area (Å²) in [6.45, 7) is 4.71. The van der Waals surface area contributed by atoms with Crippen LogP contribution < -0.4 is 5.32 Å². The van der Waals surface area contributed by atoms with Gasteiger partial charge >= 0.3 is 7.82 Å². The third kappa shape index (κ3) is 57.2. The number of likely N-dealkylation sites (N-methyl/N-ethyl adjacent to an activating group) is 1. The topological polar surface area (TPSA) is 105 Å². The normalized spacial score (nSPS) is 14.5. The number of carbonyl (C=O) groups is 1. The SMILES string of the molecule is CC/C=C\C/C=C\C/C=C\C/C=C\C/C=C\C/C=C\CCCCCCCCCCCCCCCCCCCCC(=O)NC(COP(=O)(O)OCC[N+](C)(C)C)C(O)/C=C/CCCCCCCCCCCCCC. The Morgan fingerprint density at radius 2 is 0.822 bits per heavy atom. The van der Waals surface area contributed by atoms with Crippen LogP contribution in [0.5, 0.6) is 0 Å². The van der Waals surface area contributed by atoms with Crippen LogP contribution in [-0.4, -0.2) is 73.4 Å². The van der Waals surface area contributed by atoms with E-state index in [9.17, 15) is 19.4 Å². The smallest absolute Gasteiger partial charge is 0.387 e. The summed E-state index contributed by atoms with van der Waals surface area (Å²) in [5.41, 5.74) is 0. The van der Waals surface area contributed by atoms with Gasteiger partial charge < -0.3 is 19.8 Å². The molecule has 73 heavy (non-hydrogen) atoms. The lowest BCUT2D eigenvalue weighted by Gasteiger charge is -2.25. The van der Waals surface area contributed by atoms with Crippen molar-refractivity contribution < 1.29 is 32.9 Å². The molecule has 0 aliphatic rings. The number of hydrogen-bond acceptors (Lipinski definition) is 5. The number of unbranched alkanes of at least 4 members (excludes halogenated alkanes) is 30. The highest BCUT2D eigenvalue weighted by atomic mass is 31.2. The van der Waals surface area contributed by atoms with Gasteiger partial charge in [-0.3, -0.25) is 13.8 Å². The summed E-state index contributed by atoms with van der Waals surface area (Å²) in [6, 6.07) is -0.848. The predicted octanol–water partition coefficient (Wildman–Crippen LogP) is 18.8. The van der Waals surface area contributed by atoms with Gasteiger partial charge in [0.1, 0.15) is 13.2 Å². The highest BCUT2D eigenvalue weighted by Gasteiger charge is 2.27. The van der Waals surface area contributed by atoms with Gasteiger partial charge in [-0.25, -0.2) is 4.57 Å². The predicted molar refractivity (Wildman–Crippen MR) is 318 cm³/mol. The molecule has 0 radical (unpaired) electrons. The van der Waals surface area contributed by atoms with E-state index in [4.69, 9.17) is 9.05 Å². The molecule has 0 aromatic rings. The molecule has 0 rings (SSSR count). The molecule has 0 spiro atoms. The van der Waals surface area contributed by atoms with E-state index in [1.54, 1.807) is 6.08 Å². The van der Waals surface area contributed by atoms with Crippen molar-refractivity contribution in [2.75, 3.05) is 40.9 Å². The number of phosphoric acid groups is 1. The number of nitrogens with one attached hydrogen (secondary N) is 1. The van der Waals surface area contributed by atoms with Crippen molar-refractivity contribution in [1.29, 1.82) is 0 Å². The Labute approximate surface area is 452 Å². The van der Waals surface area contributed by atoms with E-state index in [0.29, 0.717) is 17.4 Å². The molecule has 0 saturated heterocycles. The minimum absolute atomic E-state index is 0.0604. The highest BCUT2D eigenvalue weighted by Crippen LogP contribution is 2.43. The van der Waals surface area contributed by atoms with Gasteiger partial charge in [0, 0.05) is 6.42 Å². The van der Waals surface area contributed by atoms with Gasteiger partial charge in [0.05, 0.1) is 39.9 Å². The zero-order chi connectivity index (χ0) is 53.5. The lowest BCUT2D eigenvalue weighted by atomic mass is 10.0. The van der Waals surface area contributed by atoms with Gasteiger partial charge in [-0.2, -0.15) is 0 Å². The fourth-order valence-corrected chi connectivity index (χ4v) is 9.37. The number of nitrogens with zero attached hydrogens (tertiary/aromatic N) is 1. The number of phosphoric ester groups is 1. The van der Waals surface area contributed by atoms with Gasteiger partial charge in [-0.15, -0.1) is 0 Å². The molecule has 0 aliphatic carbocycles. The maximum atomic E-state index is 13.0. The van der Waals surface area contributed by atoms with Crippen LogP contribution in [0.3, 0.4) is 0 Å². The summed E-state index contributed by atoms with van der Waals surface area (Å²) < 4.78 is 23.7. The molecule has 0 saturated carbocycles. The van der Waals surface area contributed by atoms with Crippen molar-refractivity contribution in [2.45, 2.75) is 276 Å². The monoisotopic (exact) mass is 1040 g/mol. The van der Waals surface area contributed by atoms with Crippen molar-refractivity contribution in [3.8, 4) is 0 Å². The fourth-order valence-electron chi connectivity index (χ4n) is 8.64. The zero-order valence-electron chi connectivity index (χ0n) is 48.4. The number of rotatable bonds is 55. The lowest BCUT2D eigenvalue weighted by molar-refractivity contribution is -0.870. The maximum Gasteiger partial charge on any atom is 0.472 e. The first-order chi connectivity index (χ1) is 35.5. The molecular formula is C64H118N2O6P+. The largest absolute Gasteiger partial charge is 0.472 e. The molecule has 0 fully saturated rings. The molecule has 0 aromatic heterocycles. The zero-order valence-corrected chi connectivity index (χ0v) is 49.3. The van der Waals surface area contributed by atoms with Crippen molar-refractivity contribution >= 4 is 13.7 Å². The first-order valence-corrected chi connectivity index (χ1v) is 32.0. The van der Waals surface area contributed by atoms with Crippen molar-refractivity contribution in [2.24, 2.45) is 0 Å². The van der Waals surface area contributed by atoms with Crippen molar-refractivity contribution in [3.05, 3.63) is 85.1 Å². The molecule has 0 aliphatic heterocycles. The molecule has 0 aromatic carbocycles. The minimum Gasteiger partial charge on any atom is -0.387 e. The van der Waals surface area contributed by atoms with Crippen LogP contribution in [0.15, 0.2) is 85.1 Å². The van der Waals surface area contributed by atoms with Gasteiger partial charge in [0.2, 0.25) is 5.91 Å². The van der Waals surface area contributed by atoms with E-state index in [2.05, 4.69) is 92.1 Å². The first-order valence-electron chi connectivity index (χ1n) is 30.5. The second-order valence-electron chi connectivity index (χ2n) is 21.7. The van der Waals surface area contributed by atoms with Crippen LogP contribution in [0.1, 0.15) is 264 Å². The molecule has 3 N–H and O–H groups in total. The molecular weight excluding hydrogens is 924 g/mol. The molecule has 9 heteroatoms. The molecule has 8 nitrogen and oxygen atoms in total. The van der Waals surface area contributed by atoms with Crippen LogP contribution in [-0.2, 0) is 18.4 Å². The van der Waals surface area contributed by atoms with E-state index in [1.165, 1.54) is 167 Å². The average Bonchev–Trinajstić information content (AvgIpc) is 3.35. The second kappa shape index (κ2) is 54.5. The molecule has 3 unspecified atom stereocenters. The van der Waals surface area contributed by atoms with Crippen LogP contribution in [0, 0.1) is 0 Å². The second-order valence-corrected chi connectivity index (χ2v) is 23.2. The Balaban J connectivity index is 4.00. The third-order valence-corrected chi connectivity index (χ3v) is 14.4. The number of aliphatic hydroxyl groups excluding tert-OH is 1. The summed E-state index contributed by atoms with van der Waals surface area (Å²) in [5.74, 6) is -0.177. The summed E-state index contributed by atoms with van der Waals surface area (Å²) in [7, 11) is 1.57. The molecule has 3 atom stereocenters. The summed E-state index contributed by atoms with van der Waals surface area (Å²) in [4.78, 5) is 23.3. The van der Waals surface area contributed by atoms with Crippen LogP contribution in [0.2, 0.25) is 0 Å². The van der Waals surface area contributed by atoms with Gasteiger partial charge in [-0.1, -0.05) is 272 Å². The maximum absolute atomic E-state index is 13.0. The fraction of sp³-hybridized carbons (Fsp3) is 0.766. The Morgan fingerprint density at radius 1 is 0.479 bits per heavy atom. The highest BCUT2D eigenvalue weighted by molar-refractivity contribution is 7.47. The van der Waals surface area contributed by atoms with Crippen molar-refractivity contribution in [3.63, 3.8) is 0 Å². The number of amides is 1. The van der Waals surface area contributed by atoms with Gasteiger partial charge in [-0.05, 0) is 70.6 Å². The van der Waals surface area contributed by atoms with Crippen LogP contribution in [0.25, 0.3) is 0 Å². The Hall–Kier alpha value is -2.32. The van der Waals surface area contributed by atoms with E-state index < -0.39 is 20.0 Å². The number of aliphatic hydroxyl groups is 1. The summed E-state index contributed by atoms with van der Waals surface area (Å²) in [5, 5.41) is 13.9. The van der Waals surface area contributed by atoms with Crippen LogP contribution in [0.4, 0.5) is 0 Å². The van der Waals surface area contributed by atoms with E-state index >= 15 is 0 Å². The number of quaternary nitrogens is 1. The molecule has 0 bridgehead atoms. The number of hydrogen-bond donors (Lipinski definition) is 3. The Bertz CT molecular complexity index is 1460. The average molecular weight is 1040 g/mol. The van der Waals surface area contributed by atoms with E-state index in [-0.39, 0.29) is 19.1 Å².